The number of carbonyl (C=O) groups is 1. The molecule has 9 heteroatoms. The van der Waals surface area contributed by atoms with Crippen LogP contribution in [0.25, 0.3) is 16.3 Å². The Balaban J connectivity index is 1.63. The summed E-state index contributed by atoms with van der Waals surface area (Å²) in [6, 6.07) is 18.5. The van der Waals surface area contributed by atoms with E-state index < -0.39 is 0 Å². The van der Waals surface area contributed by atoms with Crippen LogP contribution in [-0.4, -0.2) is 38.1 Å². The number of fused-ring (bicyclic) bond motifs is 1. The Morgan fingerprint density at radius 3 is 2.31 bits per heavy atom. The number of benzene rings is 3. The maximum Gasteiger partial charge on any atom is 0.284 e. The van der Waals surface area contributed by atoms with E-state index >= 15 is 0 Å². The molecule has 7 nitrogen and oxygen atoms in total. The topological polar surface area (TPSA) is 73.2 Å². The molecule has 0 fully saturated rings. The number of rotatable bonds is 6. The predicted octanol–water partition coefficient (Wildman–Crippen LogP) is 5.81. The first kappa shape index (κ1) is 22.9. The van der Waals surface area contributed by atoms with Gasteiger partial charge in [0.15, 0.2) is 16.6 Å². The summed E-state index contributed by atoms with van der Waals surface area (Å²) in [5.74, 6) is 1.65. The number of aliphatic imine (C=N–C) groups is 1. The van der Waals surface area contributed by atoms with Crippen molar-refractivity contribution in [3.8, 4) is 17.2 Å². The van der Waals surface area contributed by atoms with Gasteiger partial charge in [-0.3, -0.25) is 4.79 Å². The van der Waals surface area contributed by atoms with E-state index in [1.807, 2.05) is 36.4 Å². The van der Waals surface area contributed by atoms with Crippen molar-refractivity contribution >= 4 is 56.1 Å². The van der Waals surface area contributed by atoms with Gasteiger partial charge in [0.2, 0.25) is 5.75 Å². The predicted molar refractivity (Wildman–Crippen MR) is 139 cm³/mol. The highest BCUT2D eigenvalue weighted by Gasteiger charge is 2.34. The first-order chi connectivity index (χ1) is 17.0. The van der Waals surface area contributed by atoms with E-state index in [2.05, 4.69) is 4.98 Å². The van der Waals surface area contributed by atoms with Crippen molar-refractivity contribution in [2.75, 3.05) is 26.2 Å². The van der Waals surface area contributed by atoms with Crippen LogP contribution in [0, 0.1) is 0 Å². The molecule has 0 saturated heterocycles. The first-order valence-corrected chi connectivity index (χ1v) is 11.8. The second-order valence-electron chi connectivity index (χ2n) is 7.54. The van der Waals surface area contributed by atoms with Crippen molar-refractivity contribution in [2.24, 2.45) is 4.99 Å². The largest absolute Gasteiger partial charge is 0.493 e. The van der Waals surface area contributed by atoms with E-state index in [9.17, 15) is 4.79 Å². The van der Waals surface area contributed by atoms with Crippen LogP contribution in [-0.2, 0) is 4.79 Å². The van der Waals surface area contributed by atoms with Gasteiger partial charge in [-0.1, -0.05) is 53.3 Å². The third-order valence-corrected chi connectivity index (χ3v) is 6.67. The lowest BCUT2D eigenvalue weighted by Crippen LogP contribution is -2.32. The van der Waals surface area contributed by atoms with Gasteiger partial charge in [-0.15, -0.1) is 0 Å². The smallest absolute Gasteiger partial charge is 0.284 e. The average Bonchev–Trinajstić information content (AvgIpc) is 3.43. The van der Waals surface area contributed by atoms with Crippen LogP contribution >= 0.6 is 22.9 Å². The normalized spacial score (nSPS) is 14.5. The minimum absolute atomic E-state index is 0.260. The van der Waals surface area contributed by atoms with Crippen molar-refractivity contribution in [3.63, 3.8) is 0 Å². The zero-order chi connectivity index (χ0) is 24.5. The molecule has 5 rings (SSSR count). The lowest BCUT2D eigenvalue weighted by molar-refractivity contribution is -0.113. The third kappa shape index (κ3) is 4.22. The number of halogens is 1. The maximum absolute atomic E-state index is 13.7. The highest BCUT2D eigenvalue weighted by Crippen LogP contribution is 2.40. The first-order valence-electron chi connectivity index (χ1n) is 10.6. The second-order valence-corrected chi connectivity index (χ2v) is 8.98. The van der Waals surface area contributed by atoms with E-state index in [0.29, 0.717) is 38.8 Å². The third-order valence-electron chi connectivity index (χ3n) is 5.41. The van der Waals surface area contributed by atoms with Gasteiger partial charge in [0, 0.05) is 10.6 Å². The zero-order valence-corrected chi connectivity index (χ0v) is 20.7. The minimum atomic E-state index is -0.289. The summed E-state index contributed by atoms with van der Waals surface area (Å²) >= 11 is 7.55. The zero-order valence-electron chi connectivity index (χ0n) is 19.1. The molecule has 3 aromatic carbocycles. The van der Waals surface area contributed by atoms with Crippen LogP contribution in [0.4, 0.5) is 5.13 Å². The summed E-state index contributed by atoms with van der Waals surface area (Å²) in [4.78, 5) is 24.6. The van der Waals surface area contributed by atoms with Gasteiger partial charge in [0.1, 0.15) is 11.5 Å². The fourth-order valence-electron chi connectivity index (χ4n) is 3.80. The van der Waals surface area contributed by atoms with Gasteiger partial charge in [0.05, 0.1) is 31.5 Å². The SMILES string of the molecule is COc1cc(/C=C2\N=C(c3ccccc3)N(c3nc4cc(Cl)ccc4s3)C2=O)cc(OC)c1OC. The summed E-state index contributed by atoms with van der Waals surface area (Å²) in [6.07, 6.45) is 1.69. The average molecular weight is 506 g/mol. The van der Waals surface area contributed by atoms with E-state index in [1.165, 1.54) is 16.2 Å². The number of thiazole rings is 1. The van der Waals surface area contributed by atoms with Gasteiger partial charge >= 0.3 is 0 Å². The standard InChI is InChI=1S/C26H20ClN3O4S/c1-32-20-12-15(13-21(33-2)23(20)34-3)11-19-25(31)30(24(28-19)16-7-5-4-6-8-16)26-29-18-14-17(27)9-10-22(18)35-26/h4-14H,1-3H3/b19-11-. The van der Waals surface area contributed by atoms with Crippen LogP contribution in [0.15, 0.2) is 71.4 Å². The van der Waals surface area contributed by atoms with Gasteiger partial charge < -0.3 is 14.2 Å². The van der Waals surface area contributed by atoms with Crippen molar-refractivity contribution in [1.82, 2.24) is 4.98 Å². The molecule has 0 N–H and O–H groups in total. The molecule has 1 amide bonds. The molecule has 0 atom stereocenters. The van der Waals surface area contributed by atoms with Crippen LogP contribution in [0.2, 0.25) is 5.02 Å². The molecule has 0 radical (unpaired) electrons. The molecule has 0 bridgehead atoms. The van der Waals surface area contributed by atoms with Gasteiger partial charge in [-0.2, -0.15) is 0 Å². The molecular weight excluding hydrogens is 486 g/mol. The van der Waals surface area contributed by atoms with E-state index in [-0.39, 0.29) is 11.6 Å². The number of methoxy groups -OCH3 is 3. The molecule has 1 aliphatic heterocycles. The number of anilines is 1. The molecule has 1 aliphatic rings. The van der Waals surface area contributed by atoms with Gasteiger partial charge in [-0.25, -0.2) is 14.9 Å². The fraction of sp³-hybridized carbons (Fsp3) is 0.115. The maximum atomic E-state index is 13.7. The van der Waals surface area contributed by atoms with Crippen molar-refractivity contribution in [3.05, 3.63) is 82.5 Å². The summed E-state index contributed by atoms with van der Waals surface area (Å²) in [6.45, 7) is 0. The molecule has 4 aromatic rings. The molecule has 2 heterocycles. The number of aromatic nitrogens is 1. The minimum Gasteiger partial charge on any atom is -0.493 e. The number of carbonyl (C=O) groups excluding carboxylic acids is 1. The Bertz CT molecular complexity index is 1470. The quantitative estimate of drug-likeness (QED) is 0.309. The second kappa shape index (κ2) is 9.40. The molecule has 0 spiro atoms. The summed E-state index contributed by atoms with van der Waals surface area (Å²) in [7, 11) is 4.63. The van der Waals surface area contributed by atoms with E-state index in [1.54, 1.807) is 51.7 Å². The van der Waals surface area contributed by atoms with Crippen LogP contribution in [0.1, 0.15) is 11.1 Å². The summed E-state index contributed by atoms with van der Waals surface area (Å²) < 4.78 is 17.2. The molecule has 0 unspecified atom stereocenters. The van der Waals surface area contributed by atoms with Crippen molar-refractivity contribution < 1.29 is 19.0 Å². The highest BCUT2D eigenvalue weighted by atomic mass is 35.5. The molecule has 176 valence electrons. The molecule has 35 heavy (non-hydrogen) atoms. The molecular formula is C26H20ClN3O4S. The highest BCUT2D eigenvalue weighted by molar-refractivity contribution is 7.22. The number of hydrogen-bond acceptors (Lipinski definition) is 7. The summed E-state index contributed by atoms with van der Waals surface area (Å²) in [5.41, 5.74) is 2.46. The van der Waals surface area contributed by atoms with Crippen LogP contribution in [0.3, 0.4) is 0 Å². The Morgan fingerprint density at radius 2 is 1.66 bits per heavy atom. The molecule has 0 aliphatic carbocycles. The van der Waals surface area contributed by atoms with E-state index in [4.69, 9.17) is 30.8 Å². The monoisotopic (exact) mass is 505 g/mol. The molecule has 0 saturated carbocycles. The Hall–Kier alpha value is -3.88. The lowest BCUT2D eigenvalue weighted by Gasteiger charge is -2.15. The Labute approximate surface area is 210 Å². The fourth-order valence-corrected chi connectivity index (χ4v) is 4.91. The lowest BCUT2D eigenvalue weighted by atomic mass is 10.1. The molecule has 1 aromatic heterocycles. The van der Waals surface area contributed by atoms with Crippen molar-refractivity contribution in [1.29, 1.82) is 0 Å². The number of amidine groups is 1. The Kier molecular flexibility index (Phi) is 6.15. The Morgan fingerprint density at radius 1 is 0.943 bits per heavy atom. The van der Waals surface area contributed by atoms with Gasteiger partial charge in [0.25, 0.3) is 5.91 Å². The van der Waals surface area contributed by atoms with Gasteiger partial charge in [-0.05, 0) is 42.0 Å². The number of amides is 1. The number of hydrogen-bond donors (Lipinski definition) is 0. The van der Waals surface area contributed by atoms with E-state index in [0.717, 1.165) is 15.8 Å². The van der Waals surface area contributed by atoms with Crippen LogP contribution < -0.4 is 19.1 Å². The summed E-state index contributed by atoms with van der Waals surface area (Å²) in [5, 5.41) is 1.10. The number of nitrogens with zero attached hydrogens (tertiary/aromatic N) is 3. The number of ether oxygens (including phenoxy) is 3. The van der Waals surface area contributed by atoms with Crippen molar-refractivity contribution in [2.45, 2.75) is 0 Å². The van der Waals surface area contributed by atoms with Crippen LogP contribution in [0.5, 0.6) is 17.2 Å².